The molecule has 1 amide bonds. The van der Waals surface area contributed by atoms with Crippen molar-refractivity contribution in [3.05, 3.63) is 103 Å². The van der Waals surface area contributed by atoms with Crippen molar-refractivity contribution in [2.75, 3.05) is 0 Å². The van der Waals surface area contributed by atoms with Crippen molar-refractivity contribution in [2.24, 2.45) is 0 Å². The van der Waals surface area contributed by atoms with Crippen LogP contribution in [0.4, 0.5) is 0 Å². The lowest BCUT2D eigenvalue weighted by Gasteiger charge is -2.23. The van der Waals surface area contributed by atoms with Crippen molar-refractivity contribution in [3.8, 4) is 16.9 Å². The second kappa shape index (κ2) is 10.4. The summed E-state index contributed by atoms with van der Waals surface area (Å²) in [7, 11) is 0. The van der Waals surface area contributed by atoms with E-state index in [4.69, 9.17) is 5.10 Å². The second-order valence-electron chi connectivity index (χ2n) is 7.63. The number of nitrogens with zero attached hydrogens (tertiary/aromatic N) is 4. The molecule has 0 atom stereocenters. The van der Waals surface area contributed by atoms with E-state index in [9.17, 15) is 14.7 Å². The molecule has 4 rings (SSSR count). The van der Waals surface area contributed by atoms with E-state index in [2.05, 4.69) is 4.98 Å². The highest BCUT2D eigenvalue weighted by Crippen LogP contribution is 2.25. The topological polar surface area (TPSA) is 91.2 Å². The number of pyridine rings is 1. The van der Waals surface area contributed by atoms with Crippen LogP contribution in [-0.2, 0) is 22.7 Å². The van der Waals surface area contributed by atoms with Gasteiger partial charge in [-0.1, -0.05) is 48.5 Å². The van der Waals surface area contributed by atoms with Gasteiger partial charge in [-0.2, -0.15) is 5.10 Å². The predicted molar refractivity (Wildman–Crippen MR) is 122 cm³/mol. The minimum atomic E-state index is -1.24. The molecule has 0 aliphatic carbocycles. The maximum absolute atomic E-state index is 13.0. The summed E-state index contributed by atoms with van der Waals surface area (Å²) in [5.74, 6) is -1.50. The maximum Gasteiger partial charge on any atom is 0.223 e. The molecule has 166 valence electrons. The van der Waals surface area contributed by atoms with Gasteiger partial charge >= 0.3 is 0 Å². The molecule has 7 heteroatoms. The fraction of sp³-hybridized carbons (Fsp3) is 0.154. The lowest BCUT2D eigenvalue weighted by molar-refractivity contribution is -0.305. The van der Waals surface area contributed by atoms with Crippen LogP contribution in [0.5, 0.6) is 0 Å². The SMILES string of the molecule is O=C([O-])CCC(=O)N(Cc1ccccc1)Cc1cn(-c2ccccc2)nc1-c1cccnc1. The van der Waals surface area contributed by atoms with Crippen LogP contribution in [-0.4, -0.2) is 31.5 Å². The lowest BCUT2D eigenvalue weighted by Crippen LogP contribution is -2.32. The Morgan fingerprint density at radius 1 is 0.879 bits per heavy atom. The fourth-order valence-electron chi connectivity index (χ4n) is 3.59. The molecule has 0 unspecified atom stereocenters. The van der Waals surface area contributed by atoms with Crippen LogP contribution >= 0.6 is 0 Å². The third-order valence-corrected chi connectivity index (χ3v) is 5.22. The molecule has 0 N–H and O–H groups in total. The van der Waals surface area contributed by atoms with Gasteiger partial charge in [-0.15, -0.1) is 0 Å². The molecule has 0 radical (unpaired) electrons. The first-order chi connectivity index (χ1) is 16.1. The average molecular weight is 439 g/mol. The Hall–Kier alpha value is -4.26. The van der Waals surface area contributed by atoms with Gasteiger partial charge in [0.15, 0.2) is 0 Å². The second-order valence-corrected chi connectivity index (χ2v) is 7.63. The number of carboxylic acids is 1. The number of carbonyl (C=O) groups is 2. The van der Waals surface area contributed by atoms with Gasteiger partial charge < -0.3 is 14.8 Å². The molecule has 0 fully saturated rings. The number of aliphatic carboxylic acids is 1. The van der Waals surface area contributed by atoms with Crippen LogP contribution in [0.3, 0.4) is 0 Å². The molecule has 2 aromatic heterocycles. The fourth-order valence-corrected chi connectivity index (χ4v) is 3.59. The minimum absolute atomic E-state index is 0.121. The van der Waals surface area contributed by atoms with Crippen LogP contribution in [0.15, 0.2) is 91.4 Å². The van der Waals surface area contributed by atoms with Crippen LogP contribution in [0, 0.1) is 0 Å². The first-order valence-electron chi connectivity index (χ1n) is 10.7. The summed E-state index contributed by atoms with van der Waals surface area (Å²) in [6, 6.07) is 23.1. The van der Waals surface area contributed by atoms with Gasteiger partial charge in [-0.05, 0) is 36.2 Å². The number of hydrogen-bond donors (Lipinski definition) is 0. The van der Waals surface area contributed by atoms with Crippen LogP contribution < -0.4 is 5.11 Å². The number of amides is 1. The largest absolute Gasteiger partial charge is 0.550 e. The van der Waals surface area contributed by atoms with E-state index in [0.717, 1.165) is 28.1 Å². The number of aromatic nitrogens is 3. The first kappa shape index (κ1) is 22.0. The Balaban J connectivity index is 1.69. The Bertz CT molecular complexity index is 1210. The standard InChI is InChI=1S/C26H24N4O3/c31-24(13-14-25(32)33)29(17-20-8-3-1-4-9-20)18-22-19-30(23-11-5-2-6-12-23)28-26(22)21-10-7-15-27-16-21/h1-12,15-16,19H,13-14,17-18H2,(H,32,33)/p-1. The molecule has 0 aliphatic rings. The van der Waals surface area contributed by atoms with E-state index < -0.39 is 5.97 Å². The average Bonchev–Trinajstić information content (AvgIpc) is 3.28. The summed E-state index contributed by atoms with van der Waals surface area (Å²) < 4.78 is 1.78. The van der Waals surface area contributed by atoms with Crippen molar-refractivity contribution in [2.45, 2.75) is 25.9 Å². The zero-order chi connectivity index (χ0) is 23.0. The molecule has 7 nitrogen and oxygen atoms in total. The molecule has 4 aromatic rings. The first-order valence-corrected chi connectivity index (χ1v) is 10.7. The van der Waals surface area contributed by atoms with E-state index in [1.54, 1.807) is 22.0 Å². The monoisotopic (exact) mass is 439 g/mol. The van der Waals surface area contributed by atoms with Crippen molar-refractivity contribution in [1.82, 2.24) is 19.7 Å². The van der Waals surface area contributed by atoms with Gasteiger partial charge in [0.2, 0.25) is 5.91 Å². The summed E-state index contributed by atoms with van der Waals surface area (Å²) in [4.78, 5) is 29.8. The van der Waals surface area contributed by atoms with E-state index in [1.165, 1.54) is 0 Å². The highest BCUT2D eigenvalue weighted by molar-refractivity contribution is 5.80. The molecule has 2 aromatic carbocycles. The normalized spacial score (nSPS) is 10.7. The Morgan fingerprint density at radius 3 is 2.27 bits per heavy atom. The van der Waals surface area contributed by atoms with Gasteiger partial charge in [-0.25, -0.2) is 4.68 Å². The van der Waals surface area contributed by atoms with E-state index >= 15 is 0 Å². The summed E-state index contributed by atoms with van der Waals surface area (Å²) in [5, 5.41) is 15.7. The third kappa shape index (κ3) is 5.71. The molecule has 0 saturated heterocycles. The number of rotatable bonds is 9. The molecule has 0 aliphatic heterocycles. The van der Waals surface area contributed by atoms with Crippen molar-refractivity contribution in [1.29, 1.82) is 0 Å². The van der Waals surface area contributed by atoms with E-state index in [1.807, 2.05) is 79.0 Å². The highest BCUT2D eigenvalue weighted by atomic mass is 16.4. The Kier molecular flexibility index (Phi) is 6.90. The van der Waals surface area contributed by atoms with Crippen LogP contribution in [0.25, 0.3) is 16.9 Å². The molecule has 2 heterocycles. The van der Waals surface area contributed by atoms with Gasteiger partial charge in [-0.3, -0.25) is 9.78 Å². The lowest BCUT2D eigenvalue weighted by atomic mass is 10.1. The summed E-state index contributed by atoms with van der Waals surface area (Å²) in [6.07, 6.45) is 4.90. The number of carboxylic acid groups (broad SMARTS) is 1. The van der Waals surface area contributed by atoms with E-state index in [0.29, 0.717) is 6.54 Å². The molecule has 0 bridgehead atoms. The summed E-state index contributed by atoms with van der Waals surface area (Å²) >= 11 is 0. The molecule has 33 heavy (non-hydrogen) atoms. The summed E-state index contributed by atoms with van der Waals surface area (Å²) in [5.41, 5.74) is 4.25. The van der Waals surface area contributed by atoms with E-state index in [-0.39, 0.29) is 25.3 Å². The molecule has 0 saturated carbocycles. The molecular weight excluding hydrogens is 416 g/mol. The quantitative estimate of drug-likeness (QED) is 0.400. The number of para-hydroxylation sites is 1. The van der Waals surface area contributed by atoms with Gasteiger partial charge in [0.1, 0.15) is 0 Å². The predicted octanol–water partition coefficient (Wildman–Crippen LogP) is 2.99. The number of benzene rings is 2. The van der Waals surface area contributed by atoms with Crippen LogP contribution in [0.1, 0.15) is 24.0 Å². The Labute approximate surface area is 191 Å². The van der Waals surface area contributed by atoms with Crippen molar-refractivity contribution in [3.63, 3.8) is 0 Å². The van der Waals surface area contributed by atoms with Gasteiger partial charge in [0.25, 0.3) is 0 Å². The zero-order valence-electron chi connectivity index (χ0n) is 18.0. The van der Waals surface area contributed by atoms with Crippen molar-refractivity contribution < 1.29 is 14.7 Å². The zero-order valence-corrected chi connectivity index (χ0v) is 18.0. The Morgan fingerprint density at radius 2 is 1.61 bits per heavy atom. The third-order valence-electron chi connectivity index (χ3n) is 5.22. The van der Waals surface area contributed by atoms with Gasteiger partial charge in [0, 0.05) is 55.2 Å². The molecule has 0 spiro atoms. The van der Waals surface area contributed by atoms with Crippen LogP contribution in [0.2, 0.25) is 0 Å². The summed E-state index contributed by atoms with van der Waals surface area (Å²) in [6.45, 7) is 0.632. The number of carbonyl (C=O) groups excluding carboxylic acids is 2. The van der Waals surface area contributed by atoms with Crippen molar-refractivity contribution >= 4 is 11.9 Å². The highest BCUT2D eigenvalue weighted by Gasteiger charge is 2.20. The smallest absolute Gasteiger partial charge is 0.223 e. The molecular formula is C26H23N4O3-. The minimum Gasteiger partial charge on any atom is -0.550 e. The van der Waals surface area contributed by atoms with Gasteiger partial charge in [0.05, 0.1) is 11.4 Å². The number of hydrogen-bond acceptors (Lipinski definition) is 5. The maximum atomic E-state index is 13.0.